The highest BCUT2D eigenvalue weighted by molar-refractivity contribution is 7.91. The van der Waals surface area contributed by atoms with Gasteiger partial charge in [-0.15, -0.1) is 0 Å². The fraction of sp³-hybridized carbons (Fsp3) is 0.533. The van der Waals surface area contributed by atoms with Crippen LogP contribution in [0.2, 0.25) is 0 Å². The minimum atomic E-state index is -3.28. The molecule has 1 atom stereocenters. The van der Waals surface area contributed by atoms with Gasteiger partial charge in [-0.1, -0.05) is 18.2 Å². The predicted molar refractivity (Wildman–Crippen MR) is 79.4 cm³/mol. The number of carboxylic acids is 1. The summed E-state index contributed by atoms with van der Waals surface area (Å²) in [6.45, 7) is 3.51. The maximum absolute atomic E-state index is 12.0. The van der Waals surface area contributed by atoms with Crippen LogP contribution in [0, 0.1) is 0 Å². The molecule has 0 spiro atoms. The first-order valence-electron chi connectivity index (χ1n) is 6.97. The average Bonchev–Trinajstić information content (AvgIpc) is 2.44. The summed E-state index contributed by atoms with van der Waals surface area (Å²) < 4.78 is 29.5. The van der Waals surface area contributed by atoms with Gasteiger partial charge in [0.1, 0.15) is 11.2 Å². The fourth-order valence-electron chi connectivity index (χ4n) is 2.60. The van der Waals surface area contributed by atoms with E-state index in [2.05, 4.69) is 0 Å². The van der Waals surface area contributed by atoms with Gasteiger partial charge in [0.05, 0.1) is 17.6 Å². The van der Waals surface area contributed by atoms with Crippen molar-refractivity contribution < 1.29 is 23.1 Å². The molecule has 21 heavy (non-hydrogen) atoms. The maximum Gasteiger partial charge on any atom is 0.314 e. The molecule has 5 nitrogen and oxygen atoms in total. The zero-order chi connectivity index (χ0) is 15.7. The van der Waals surface area contributed by atoms with Crippen LogP contribution in [-0.2, 0) is 20.0 Å². The van der Waals surface area contributed by atoms with E-state index in [1.807, 2.05) is 0 Å². The van der Waals surface area contributed by atoms with Gasteiger partial charge in [0.15, 0.2) is 9.84 Å². The molecule has 2 rings (SSSR count). The number of benzene rings is 1. The van der Waals surface area contributed by atoms with E-state index in [0.717, 1.165) is 0 Å². The summed E-state index contributed by atoms with van der Waals surface area (Å²) >= 11 is 0. The summed E-state index contributed by atoms with van der Waals surface area (Å²) in [5.74, 6) is -0.587. The Morgan fingerprint density at radius 1 is 1.38 bits per heavy atom. The highest BCUT2D eigenvalue weighted by Crippen LogP contribution is 2.41. The van der Waals surface area contributed by atoms with Gasteiger partial charge in [0.25, 0.3) is 0 Å². The van der Waals surface area contributed by atoms with Crippen LogP contribution in [-0.4, -0.2) is 37.1 Å². The van der Waals surface area contributed by atoms with Crippen molar-refractivity contribution in [2.45, 2.75) is 37.4 Å². The molecule has 0 bridgehead atoms. The number of carbonyl (C=O) groups is 1. The minimum absolute atomic E-state index is 0.0726. The van der Waals surface area contributed by atoms with Gasteiger partial charge >= 0.3 is 5.97 Å². The molecule has 1 aliphatic rings. The number of carboxylic acid groups (broad SMARTS) is 1. The van der Waals surface area contributed by atoms with Crippen molar-refractivity contribution >= 4 is 15.8 Å². The fourth-order valence-corrected chi connectivity index (χ4v) is 3.70. The number of aliphatic carboxylic acids is 1. The maximum atomic E-state index is 12.0. The van der Waals surface area contributed by atoms with E-state index in [1.165, 1.54) is 0 Å². The van der Waals surface area contributed by atoms with Crippen LogP contribution in [0.1, 0.15) is 32.3 Å². The molecule has 1 aliphatic heterocycles. The summed E-state index contributed by atoms with van der Waals surface area (Å²) in [4.78, 5) is 11.9. The van der Waals surface area contributed by atoms with Crippen LogP contribution in [0.5, 0.6) is 5.75 Å². The molecule has 0 aliphatic carbocycles. The lowest BCUT2D eigenvalue weighted by Gasteiger charge is -2.35. The Kier molecular flexibility index (Phi) is 4.27. The van der Waals surface area contributed by atoms with E-state index in [4.69, 9.17) is 4.74 Å². The third-order valence-corrected chi connectivity index (χ3v) is 6.34. The number of hydrogen-bond acceptors (Lipinski definition) is 4. The quantitative estimate of drug-likeness (QED) is 0.899. The Morgan fingerprint density at radius 2 is 2.05 bits per heavy atom. The van der Waals surface area contributed by atoms with E-state index >= 15 is 0 Å². The molecule has 0 saturated carbocycles. The second-order valence-corrected chi connectivity index (χ2v) is 8.32. The van der Waals surface area contributed by atoms with Gasteiger partial charge in [-0.3, -0.25) is 4.79 Å². The molecule has 1 heterocycles. The molecule has 1 N–H and O–H groups in total. The lowest BCUT2D eigenvalue weighted by molar-refractivity contribution is -0.145. The number of hydrogen-bond donors (Lipinski definition) is 1. The minimum Gasteiger partial charge on any atom is -0.493 e. The van der Waals surface area contributed by atoms with Crippen molar-refractivity contribution in [1.29, 1.82) is 0 Å². The molecular weight excluding hydrogens is 292 g/mol. The topological polar surface area (TPSA) is 80.7 Å². The molecule has 1 unspecified atom stereocenters. The molecule has 116 valence electrons. The molecule has 1 aromatic carbocycles. The summed E-state index contributed by atoms with van der Waals surface area (Å²) in [7, 11) is -3.28. The van der Waals surface area contributed by atoms with Crippen molar-refractivity contribution in [3.8, 4) is 5.75 Å². The van der Waals surface area contributed by atoms with Crippen LogP contribution >= 0.6 is 0 Å². The van der Waals surface area contributed by atoms with Crippen molar-refractivity contribution in [1.82, 2.24) is 0 Å². The highest BCUT2D eigenvalue weighted by Gasteiger charge is 2.45. The summed E-state index contributed by atoms with van der Waals surface area (Å²) in [5, 5.41) is 9.22. The van der Waals surface area contributed by atoms with E-state index in [-0.39, 0.29) is 25.2 Å². The van der Waals surface area contributed by atoms with Gasteiger partial charge in [0.2, 0.25) is 0 Å². The summed E-state index contributed by atoms with van der Waals surface area (Å²) in [6.07, 6.45) is 0.357. The zero-order valence-corrected chi connectivity index (χ0v) is 13.0. The van der Waals surface area contributed by atoms with E-state index in [9.17, 15) is 18.3 Å². The Labute approximate surface area is 124 Å². The Hall–Kier alpha value is -1.56. The number of para-hydroxylation sites is 1. The first kappa shape index (κ1) is 15.8. The molecule has 1 aromatic rings. The monoisotopic (exact) mass is 312 g/mol. The lowest BCUT2D eigenvalue weighted by atomic mass is 9.74. The predicted octanol–water partition coefficient (Wildman–Crippen LogP) is 2.00. The molecule has 0 radical (unpaired) electrons. The van der Waals surface area contributed by atoms with Crippen molar-refractivity contribution in [3.05, 3.63) is 29.8 Å². The van der Waals surface area contributed by atoms with Crippen LogP contribution in [0.25, 0.3) is 0 Å². The van der Waals surface area contributed by atoms with E-state index in [1.54, 1.807) is 38.1 Å². The summed E-state index contributed by atoms with van der Waals surface area (Å²) in [6, 6.07) is 6.97. The molecule has 0 aromatic heterocycles. The van der Waals surface area contributed by atoms with Crippen molar-refractivity contribution in [3.63, 3.8) is 0 Å². The van der Waals surface area contributed by atoms with Gasteiger partial charge in [-0.25, -0.2) is 8.42 Å². The van der Waals surface area contributed by atoms with E-state index < -0.39 is 26.5 Å². The van der Waals surface area contributed by atoms with Gasteiger partial charge in [0, 0.05) is 12.0 Å². The summed E-state index contributed by atoms with van der Waals surface area (Å²) in [5.41, 5.74) is -0.612. The van der Waals surface area contributed by atoms with Crippen LogP contribution in [0.15, 0.2) is 24.3 Å². The van der Waals surface area contributed by atoms with Gasteiger partial charge in [-0.2, -0.15) is 0 Å². The molecule has 0 saturated heterocycles. The van der Waals surface area contributed by atoms with Crippen LogP contribution < -0.4 is 4.74 Å². The Bertz CT molecular complexity index is 635. The van der Waals surface area contributed by atoms with Crippen molar-refractivity contribution in [2.75, 3.05) is 12.4 Å². The van der Waals surface area contributed by atoms with Crippen molar-refractivity contribution in [2.24, 2.45) is 0 Å². The Morgan fingerprint density at radius 3 is 2.67 bits per heavy atom. The molecule has 6 heteroatoms. The largest absolute Gasteiger partial charge is 0.493 e. The van der Waals surface area contributed by atoms with E-state index in [0.29, 0.717) is 11.3 Å². The highest BCUT2D eigenvalue weighted by atomic mass is 32.2. The second-order valence-electron chi connectivity index (χ2n) is 5.65. The van der Waals surface area contributed by atoms with Gasteiger partial charge in [-0.05, 0) is 26.3 Å². The number of fused-ring (bicyclic) bond motifs is 1. The van der Waals surface area contributed by atoms with Gasteiger partial charge < -0.3 is 9.84 Å². The number of rotatable bonds is 5. The third-order valence-electron chi connectivity index (χ3n) is 4.13. The first-order chi connectivity index (χ1) is 9.79. The average molecular weight is 312 g/mol. The van der Waals surface area contributed by atoms with Crippen LogP contribution in [0.3, 0.4) is 0 Å². The molecule has 0 amide bonds. The van der Waals surface area contributed by atoms with Crippen LogP contribution in [0.4, 0.5) is 0 Å². The number of sulfone groups is 1. The smallest absolute Gasteiger partial charge is 0.314 e. The molecular formula is C15H20O5S. The molecule has 0 fully saturated rings. The third kappa shape index (κ3) is 2.90. The SMILES string of the molecule is CC(C)S(=O)(=O)CCC1(C(=O)O)CCOc2ccccc21. The standard InChI is InChI=1S/C15H20O5S/c1-11(2)21(18,19)10-8-15(14(16)17)7-9-20-13-6-4-3-5-12(13)15/h3-6,11H,7-10H2,1-2H3,(H,16,17). The normalized spacial score (nSPS) is 21.7. The number of ether oxygens (including phenoxy) is 1. The lowest BCUT2D eigenvalue weighted by Crippen LogP contribution is -2.42. The first-order valence-corrected chi connectivity index (χ1v) is 8.68. The second kappa shape index (κ2) is 5.67. The Balaban J connectivity index is 2.38. The zero-order valence-electron chi connectivity index (χ0n) is 12.2.